The van der Waals surface area contributed by atoms with Gasteiger partial charge in [0.2, 0.25) is 0 Å². The van der Waals surface area contributed by atoms with Gasteiger partial charge in [-0.05, 0) is 40.6 Å². The fourth-order valence-corrected chi connectivity index (χ4v) is 3.28. The molecule has 7 nitrogen and oxygen atoms in total. The van der Waals surface area contributed by atoms with Gasteiger partial charge in [-0.3, -0.25) is 0 Å². The lowest BCUT2D eigenvalue weighted by atomic mass is 10.0. The minimum absolute atomic E-state index is 0.0713. The Balaban J connectivity index is 1.47. The van der Waals surface area contributed by atoms with E-state index in [2.05, 4.69) is 21.9 Å². The topological polar surface area (TPSA) is 87.6 Å². The predicted molar refractivity (Wildman–Crippen MR) is 107 cm³/mol. The maximum atomic E-state index is 12.6. The molecule has 0 aliphatic carbocycles. The summed E-state index contributed by atoms with van der Waals surface area (Å²) in [7, 11) is 0. The SMILES string of the molecule is O=c1oc2cc(OCC3NNNN3)ccc2cc1-c1ccc2ccccc2c1. The van der Waals surface area contributed by atoms with Crippen molar-refractivity contribution >= 4 is 21.7 Å². The van der Waals surface area contributed by atoms with Crippen LogP contribution in [0.15, 0.2) is 75.9 Å². The van der Waals surface area contributed by atoms with Gasteiger partial charge in [0.15, 0.2) is 0 Å². The van der Waals surface area contributed by atoms with E-state index < -0.39 is 0 Å². The van der Waals surface area contributed by atoms with Gasteiger partial charge in [-0.25, -0.2) is 15.6 Å². The molecule has 1 aromatic heterocycles. The van der Waals surface area contributed by atoms with E-state index in [0.29, 0.717) is 23.5 Å². The summed E-state index contributed by atoms with van der Waals surface area (Å²) in [6, 6.07) is 21.4. The zero-order valence-corrected chi connectivity index (χ0v) is 14.9. The Hall–Kier alpha value is -3.23. The molecule has 0 saturated carbocycles. The molecule has 4 aromatic rings. The third kappa shape index (κ3) is 3.23. The van der Waals surface area contributed by atoms with Crippen LogP contribution in [0, 0.1) is 0 Å². The molecule has 28 heavy (non-hydrogen) atoms. The van der Waals surface area contributed by atoms with E-state index in [1.54, 1.807) is 6.07 Å². The second kappa shape index (κ2) is 7.06. The minimum Gasteiger partial charge on any atom is -0.490 e. The standard InChI is InChI=1S/C21H18N4O3/c26-21-18(15-6-5-13-3-1-2-4-14(13)9-15)10-16-7-8-17(11-19(16)28-21)27-12-20-22-24-25-23-20/h1-11,20,22-25H,12H2. The summed E-state index contributed by atoms with van der Waals surface area (Å²) >= 11 is 0. The molecule has 0 radical (unpaired) electrons. The first kappa shape index (κ1) is 16.9. The van der Waals surface area contributed by atoms with E-state index >= 15 is 0 Å². The molecular weight excluding hydrogens is 356 g/mol. The van der Waals surface area contributed by atoms with Crippen LogP contribution in [0.4, 0.5) is 0 Å². The zero-order chi connectivity index (χ0) is 18.9. The maximum Gasteiger partial charge on any atom is 0.344 e. The van der Waals surface area contributed by atoms with Crippen LogP contribution in [0.3, 0.4) is 0 Å². The molecule has 5 rings (SSSR count). The minimum atomic E-state index is -0.368. The van der Waals surface area contributed by atoms with Crippen molar-refractivity contribution in [3.05, 3.63) is 77.2 Å². The lowest BCUT2D eigenvalue weighted by Crippen LogP contribution is -2.39. The van der Waals surface area contributed by atoms with Gasteiger partial charge in [0.05, 0.1) is 5.56 Å². The molecule has 2 heterocycles. The summed E-state index contributed by atoms with van der Waals surface area (Å²) in [5.74, 6) is 0.629. The monoisotopic (exact) mass is 374 g/mol. The Morgan fingerprint density at radius 3 is 2.50 bits per heavy atom. The molecule has 1 fully saturated rings. The molecule has 4 N–H and O–H groups in total. The van der Waals surface area contributed by atoms with E-state index in [-0.39, 0.29) is 11.8 Å². The lowest BCUT2D eigenvalue weighted by molar-refractivity contribution is 0.260. The van der Waals surface area contributed by atoms with Crippen LogP contribution in [0.25, 0.3) is 32.9 Å². The molecular formula is C21H18N4O3. The fourth-order valence-electron chi connectivity index (χ4n) is 3.28. The van der Waals surface area contributed by atoms with Gasteiger partial charge in [0.25, 0.3) is 0 Å². The summed E-state index contributed by atoms with van der Waals surface area (Å²) < 4.78 is 11.3. The molecule has 1 aliphatic heterocycles. The Kier molecular flexibility index (Phi) is 4.27. The number of nitrogens with one attached hydrogen (secondary N) is 4. The first-order valence-corrected chi connectivity index (χ1v) is 8.97. The van der Waals surface area contributed by atoms with E-state index in [1.807, 2.05) is 60.7 Å². The van der Waals surface area contributed by atoms with Crippen molar-refractivity contribution < 1.29 is 9.15 Å². The van der Waals surface area contributed by atoms with Crippen LogP contribution in [-0.4, -0.2) is 12.8 Å². The van der Waals surface area contributed by atoms with Crippen molar-refractivity contribution in [1.29, 1.82) is 0 Å². The van der Waals surface area contributed by atoms with Gasteiger partial charge in [0.1, 0.15) is 24.1 Å². The van der Waals surface area contributed by atoms with Crippen LogP contribution < -0.4 is 32.3 Å². The fraction of sp³-hybridized carbons (Fsp3) is 0.0952. The molecule has 0 unspecified atom stereocenters. The number of hydrogen-bond donors (Lipinski definition) is 4. The normalized spacial score (nSPS) is 14.7. The third-order valence-electron chi connectivity index (χ3n) is 4.74. The molecule has 0 spiro atoms. The van der Waals surface area contributed by atoms with Gasteiger partial charge < -0.3 is 9.15 Å². The van der Waals surface area contributed by atoms with Crippen LogP contribution >= 0.6 is 0 Å². The van der Waals surface area contributed by atoms with Crippen LogP contribution in [0.1, 0.15) is 0 Å². The first-order chi connectivity index (χ1) is 13.8. The first-order valence-electron chi connectivity index (χ1n) is 8.97. The zero-order valence-electron chi connectivity index (χ0n) is 14.9. The number of hydrazine groups is 3. The number of fused-ring (bicyclic) bond motifs is 2. The molecule has 1 saturated heterocycles. The molecule has 140 valence electrons. The molecule has 0 atom stereocenters. The number of ether oxygens (including phenoxy) is 1. The van der Waals surface area contributed by atoms with Gasteiger partial charge >= 0.3 is 5.63 Å². The Bertz CT molecular complexity index is 1220. The highest BCUT2D eigenvalue weighted by molar-refractivity contribution is 5.89. The molecule has 1 aliphatic rings. The second-order valence-corrected chi connectivity index (χ2v) is 6.61. The average molecular weight is 374 g/mol. The van der Waals surface area contributed by atoms with Gasteiger partial charge in [0, 0.05) is 11.5 Å². The van der Waals surface area contributed by atoms with Gasteiger partial charge in [-0.1, -0.05) is 36.4 Å². The van der Waals surface area contributed by atoms with Crippen molar-refractivity contribution in [1.82, 2.24) is 21.9 Å². The van der Waals surface area contributed by atoms with E-state index in [1.165, 1.54) is 0 Å². The molecule has 3 aromatic carbocycles. The van der Waals surface area contributed by atoms with Crippen molar-refractivity contribution in [2.45, 2.75) is 6.17 Å². The predicted octanol–water partition coefficient (Wildman–Crippen LogP) is 2.44. The summed E-state index contributed by atoms with van der Waals surface area (Å²) in [4.78, 5) is 12.6. The van der Waals surface area contributed by atoms with Crippen LogP contribution in [0.2, 0.25) is 0 Å². The number of hydrogen-bond acceptors (Lipinski definition) is 7. The lowest BCUT2D eigenvalue weighted by Gasteiger charge is -2.11. The molecule has 0 amide bonds. The maximum absolute atomic E-state index is 12.6. The highest BCUT2D eigenvalue weighted by atomic mass is 16.5. The highest BCUT2D eigenvalue weighted by Gasteiger charge is 2.13. The van der Waals surface area contributed by atoms with Crippen LogP contribution in [-0.2, 0) is 0 Å². The second-order valence-electron chi connectivity index (χ2n) is 6.61. The summed E-state index contributed by atoms with van der Waals surface area (Å²) in [5, 5.41) is 3.06. The van der Waals surface area contributed by atoms with E-state index in [9.17, 15) is 4.79 Å². The average Bonchev–Trinajstić information content (AvgIpc) is 3.25. The Morgan fingerprint density at radius 2 is 1.64 bits per heavy atom. The summed E-state index contributed by atoms with van der Waals surface area (Å²) in [6.45, 7) is 0.394. The smallest absolute Gasteiger partial charge is 0.344 e. The largest absolute Gasteiger partial charge is 0.490 e. The Morgan fingerprint density at radius 1 is 0.857 bits per heavy atom. The quantitative estimate of drug-likeness (QED) is 0.408. The highest BCUT2D eigenvalue weighted by Crippen LogP contribution is 2.26. The number of rotatable bonds is 4. The van der Waals surface area contributed by atoms with Gasteiger partial charge in [-0.2, -0.15) is 11.1 Å². The molecule has 0 bridgehead atoms. The van der Waals surface area contributed by atoms with Gasteiger partial charge in [-0.15, -0.1) is 0 Å². The Labute approximate surface area is 160 Å². The van der Waals surface area contributed by atoms with Crippen molar-refractivity contribution in [2.24, 2.45) is 0 Å². The number of benzene rings is 3. The summed E-state index contributed by atoms with van der Waals surface area (Å²) in [5.41, 5.74) is 12.9. The van der Waals surface area contributed by atoms with Crippen molar-refractivity contribution in [3.8, 4) is 16.9 Å². The molecule has 7 heteroatoms. The van der Waals surface area contributed by atoms with Crippen molar-refractivity contribution in [2.75, 3.05) is 6.61 Å². The third-order valence-corrected chi connectivity index (χ3v) is 4.74. The van der Waals surface area contributed by atoms with Crippen molar-refractivity contribution in [3.63, 3.8) is 0 Å². The van der Waals surface area contributed by atoms with Crippen LogP contribution in [0.5, 0.6) is 5.75 Å². The summed E-state index contributed by atoms with van der Waals surface area (Å²) in [6.07, 6.45) is -0.0713. The van der Waals surface area contributed by atoms with E-state index in [4.69, 9.17) is 9.15 Å². The van der Waals surface area contributed by atoms with E-state index in [0.717, 1.165) is 21.7 Å².